The molecule has 7 atom stereocenters. The van der Waals surface area contributed by atoms with Crippen molar-refractivity contribution in [1.29, 1.82) is 0 Å². The van der Waals surface area contributed by atoms with Crippen molar-refractivity contribution in [1.82, 2.24) is 24.4 Å². The first kappa shape index (κ1) is 58.1. The number of amides is 1. The number of hydrogen-bond acceptors (Lipinski definition) is 19. The van der Waals surface area contributed by atoms with Gasteiger partial charge in [-0.15, -0.1) is 0 Å². The van der Waals surface area contributed by atoms with Crippen molar-refractivity contribution in [2.24, 2.45) is 0 Å². The molecule has 26 heteroatoms. The van der Waals surface area contributed by atoms with Crippen molar-refractivity contribution >= 4 is 71.0 Å². The van der Waals surface area contributed by atoms with Gasteiger partial charge in [-0.3, -0.25) is 42.8 Å². The van der Waals surface area contributed by atoms with Crippen molar-refractivity contribution in [2.45, 2.75) is 117 Å². The number of esters is 1. The fraction of sp³-hybridized carbons (Fsp3) is 0.722. The Kier molecular flexibility index (Phi) is 29.1. The lowest BCUT2D eigenvalue weighted by Gasteiger charge is -2.24. The van der Waals surface area contributed by atoms with E-state index in [1.807, 2.05) is 38.5 Å². The summed E-state index contributed by atoms with van der Waals surface area (Å²) >= 11 is 0. The molecular weight excluding hydrogens is 933 g/mol. The molecule has 0 spiro atoms. The maximum Gasteiger partial charge on any atom is 0.330 e. The summed E-state index contributed by atoms with van der Waals surface area (Å²) in [6.07, 6.45) is -0.568. The summed E-state index contributed by atoms with van der Waals surface area (Å²) in [5, 5.41) is 12.5. The van der Waals surface area contributed by atoms with Gasteiger partial charge < -0.3 is 43.1 Å². The largest absolute Gasteiger partial charge is 0.756 e. The number of nitrogens with one attached hydrogen (secondary N) is 3. The molecule has 62 heavy (non-hydrogen) atoms. The Labute approximate surface area is 378 Å². The number of carbonyl (C=O) groups is 2. The van der Waals surface area contributed by atoms with Crippen LogP contribution in [-0.4, -0.2) is 111 Å². The number of aliphatic hydroxyl groups is 1. The molecule has 4 rings (SSSR count). The molecule has 4 heterocycles. The summed E-state index contributed by atoms with van der Waals surface area (Å²) in [5.41, 5.74) is -1.49. The number of aliphatic hydroxyl groups excluding tert-OH is 1. The normalized spacial score (nSPS) is 21.4. The fourth-order valence-corrected chi connectivity index (χ4v) is 9.97. The Morgan fingerprint density at radius 1 is 0.871 bits per heavy atom. The third kappa shape index (κ3) is 21.4. The van der Waals surface area contributed by atoms with Gasteiger partial charge in [0.05, 0.1) is 25.2 Å². The third-order valence-corrected chi connectivity index (χ3v) is 14.4. The maximum absolute atomic E-state index is 12.0. The number of carbonyl (C=O) groups excluding carboxylic acids is 2. The Morgan fingerprint density at radius 3 is 1.89 bits per heavy atom. The van der Waals surface area contributed by atoms with Gasteiger partial charge in [-0.2, -0.15) is 0 Å². The lowest BCUT2D eigenvalue weighted by Crippen LogP contribution is -2.33. The van der Waals surface area contributed by atoms with E-state index < -0.39 is 73.7 Å². The highest BCUT2D eigenvalue weighted by molar-refractivity contribution is 8.77. The van der Waals surface area contributed by atoms with Crippen molar-refractivity contribution < 1.29 is 51.9 Å². The van der Waals surface area contributed by atoms with Crippen LogP contribution < -0.4 is 32.7 Å². The van der Waals surface area contributed by atoms with E-state index >= 15 is 0 Å². The molecule has 4 N–H and O–H groups in total. The van der Waals surface area contributed by atoms with E-state index in [9.17, 15) is 43.3 Å². The van der Waals surface area contributed by atoms with Gasteiger partial charge in [-0.1, -0.05) is 77.8 Å². The van der Waals surface area contributed by atoms with E-state index in [4.69, 9.17) is 23.3 Å². The predicted molar refractivity (Wildman–Crippen MR) is 246 cm³/mol. The third-order valence-electron chi connectivity index (χ3n) is 8.23. The second-order valence-corrected chi connectivity index (χ2v) is 21.7. The molecule has 1 amide bonds. The monoisotopic (exact) mass is 994 g/mol. The van der Waals surface area contributed by atoms with E-state index in [0.717, 1.165) is 16.3 Å². The molecule has 2 saturated heterocycles. The quantitative estimate of drug-likeness (QED) is 0.0471. The summed E-state index contributed by atoms with van der Waals surface area (Å²) in [6, 6.07) is 0. The number of hydrogen-bond donors (Lipinski definition) is 4. The Balaban J connectivity index is 0.000000502. The SMILES string of the molecule is CC.CCSSCOP(=O)([O-])OC[C@H]1O[C@@H](n2cc(C)c(=O)[nH]c2=O)CC1O.CCSSCOP(C)C.CC[C@H]1O[C@@H](n2cc(C)c(=O)[nH]c2=O)CC1OC(=O)CCC(=O)NC. The highest BCUT2D eigenvalue weighted by Crippen LogP contribution is 2.42. The van der Waals surface area contributed by atoms with Crippen molar-refractivity contribution in [3.8, 4) is 0 Å². The zero-order valence-electron chi connectivity index (χ0n) is 36.8. The van der Waals surface area contributed by atoms with Crippen LogP contribution in [0.15, 0.2) is 31.6 Å². The van der Waals surface area contributed by atoms with E-state index in [0.29, 0.717) is 24.0 Å². The first-order valence-electron chi connectivity index (χ1n) is 19.8. The number of rotatable bonds is 20. The number of aromatic nitrogens is 4. The van der Waals surface area contributed by atoms with E-state index in [1.54, 1.807) is 17.7 Å². The molecule has 2 fully saturated rings. The topological polar surface area (TPSA) is 272 Å². The first-order valence-corrected chi connectivity index (χ1v) is 28.4. The minimum absolute atomic E-state index is 0.0189. The minimum Gasteiger partial charge on any atom is -0.756 e. The number of aryl methyl sites for hydroxylation is 2. The lowest BCUT2D eigenvalue weighted by atomic mass is 10.1. The summed E-state index contributed by atoms with van der Waals surface area (Å²) in [4.78, 5) is 85.9. The van der Waals surface area contributed by atoms with Gasteiger partial charge >= 0.3 is 17.3 Å². The molecular formula is C36H62N5O15P2S4-. The van der Waals surface area contributed by atoms with Crippen LogP contribution >= 0.6 is 59.1 Å². The van der Waals surface area contributed by atoms with E-state index in [-0.39, 0.29) is 45.4 Å². The number of phosphoric ester groups is 1. The molecule has 0 saturated carbocycles. The number of aromatic amines is 2. The van der Waals surface area contributed by atoms with Gasteiger partial charge in [0.25, 0.3) is 18.9 Å². The van der Waals surface area contributed by atoms with Crippen molar-refractivity contribution in [3.63, 3.8) is 0 Å². The number of nitrogens with zero attached hydrogens (tertiary/aromatic N) is 2. The predicted octanol–water partition coefficient (Wildman–Crippen LogP) is 4.38. The standard InChI is InChI=1S/C16H23N3O6.C13H21N2O8PS2.C5H13OPS2.C2H6/c1-4-10-11(25-14(21)6-5-12(20)17-3)7-13(24-10)19-8-9(2)15(22)18-16(19)23;1-3-25-26-7-22-24(19,20)21-6-10-9(16)4-11(23-10)15-5-8(2)12(17)14-13(15)18;1-4-8-9-5-6-7(2)3;1-2/h8,10-11,13H,4-7H2,1-3H3,(H,17,20)(H,18,22,23);5,9-11,16H,3-4,6-7H2,1-2H3,(H,19,20)(H,14,17,18);4-5H2,1-3H3;1-2H3/p-1/t10-,11?,13-;9?,10-,11-;;/m11../s1. The van der Waals surface area contributed by atoms with Crippen LogP contribution in [0.2, 0.25) is 0 Å². The maximum atomic E-state index is 12.0. The van der Waals surface area contributed by atoms with Gasteiger partial charge in [0.1, 0.15) is 36.5 Å². The molecule has 356 valence electrons. The highest BCUT2D eigenvalue weighted by Gasteiger charge is 2.39. The highest BCUT2D eigenvalue weighted by atomic mass is 33.1. The smallest absolute Gasteiger partial charge is 0.330 e. The second kappa shape index (κ2) is 31.1. The molecule has 2 aromatic heterocycles. The number of H-pyrrole nitrogens is 2. The van der Waals surface area contributed by atoms with Crippen molar-refractivity contribution in [2.75, 3.05) is 50.4 Å². The molecule has 0 radical (unpaired) electrons. The summed E-state index contributed by atoms with van der Waals surface area (Å²) in [7, 11) is 3.16. The Morgan fingerprint density at radius 2 is 1.39 bits per heavy atom. The van der Waals surface area contributed by atoms with Crippen LogP contribution in [0.1, 0.15) is 90.3 Å². The summed E-state index contributed by atoms with van der Waals surface area (Å²) in [6.45, 7) is 16.9. The number of phosphoric acid groups is 1. The van der Waals surface area contributed by atoms with E-state index in [1.165, 1.54) is 58.3 Å². The average molecular weight is 995 g/mol. The molecule has 0 bridgehead atoms. The summed E-state index contributed by atoms with van der Waals surface area (Å²) in [5.74, 6) is 2.02. The molecule has 3 unspecified atom stereocenters. The van der Waals surface area contributed by atoms with Gasteiger partial charge in [-0.25, -0.2) is 9.59 Å². The van der Waals surface area contributed by atoms with E-state index in [2.05, 4.69) is 40.1 Å². The lowest BCUT2D eigenvalue weighted by molar-refractivity contribution is -0.226. The number of ether oxygens (including phenoxy) is 3. The zero-order chi connectivity index (χ0) is 47.0. The Hall–Kier alpha value is -1.92. The summed E-state index contributed by atoms with van der Waals surface area (Å²) < 4.78 is 45.6. The Bertz CT molecular complexity index is 1940. The van der Waals surface area contributed by atoms with Crippen LogP contribution in [0.5, 0.6) is 0 Å². The molecule has 0 aromatic carbocycles. The zero-order valence-corrected chi connectivity index (χ0v) is 41.8. The van der Waals surface area contributed by atoms with Gasteiger partial charge in [0.2, 0.25) is 5.91 Å². The molecule has 2 aliphatic rings. The molecule has 2 aromatic rings. The molecule has 20 nitrogen and oxygen atoms in total. The molecule has 0 aliphatic carbocycles. The van der Waals surface area contributed by atoms with Gasteiger partial charge in [0.15, 0.2) is 0 Å². The molecule has 2 aliphatic heterocycles. The average Bonchev–Trinajstić information content (AvgIpc) is 3.82. The van der Waals surface area contributed by atoms with Crippen LogP contribution in [0, 0.1) is 13.8 Å². The van der Waals surface area contributed by atoms with Gasteiger partial charge in [-0.05, 0) is 33.6 Å². The van der Waals surface area contributed by atoms with Crippen LogP contribution in [0.3, 0.4) is 0 Å². The van der Waals surface area contributed by atoms with Crippen LogP contribution in [0.4, 0.5) is 0 Å². The van der Waals surface area contributed by atoms with Crippen LogP contribution in [-0.2, 0) is 41.9 Å². The van der Waals surface area contributed by atoms with Crippen molar-refractivity contribution in [3.05, 3.63) is 65.2 Å². The minimum atomic E-state index is -4.52. The van der Waals surface area contributed by atoms with Crippen LogP contribution in [0.25, 0.3) is 0 Å². The van der Waals surface area contributed by atoms with Gasteiger partial charge in [0, 0.05) is 69.5 Å². The second-order valence-electron chi connectivity index (χ2n) is 13.0. The fourth-order valence-electron chi connectivity index (χ4n) is 5.21. The first-order chi connectivity index (χ1) is 29.4.